The Balaban J connectivity index is 0.000000130. The number of fused-ring (bicyclic) bond motifs is 1. The van der Waals surface area contributed by atoms with Gasteiger partial charge in [-0.3, -0.25) is 0 Å². The predicted molar refractivity (Wildman–Crippen MR) is 142 cm³/mol. The second kappa shape index (κ2) is 8.20. The molecule has 0 amide bonds. The van der Waals surface area contributed by atoms with Gasteiger partial charge in [-0.05, 0) is 68.5 Å². The molecule has 1 fully saturated rings. The molecule has 2 bridgehead atoms. The summed E-state index contributed by atoms with van der Waals surface area (Å²) in [5, 5.41) is 20.6. The summed E-state index contributed by atoms with van der Waals surface area (Å²) in [6.07, 6.45) is 12.4. The number of phenolic OH excluding ortho intramolecular Hbond substituents is 1. The first-order chi connectivity index (χ1) is 18.0. The summed E-state index contributed by atoms with van der Waals surface area (Å²) < 4.78 is 6.09. The van der Waals surface area contributed by atoms with E-state index in [9.17, 15) is 10.2 Å². The summed E-state index contributed by atoms with van der Waals surface area (Å²) in [6, 6.07) is 13.0. The van der Waals surface area contributed by atoms with Crippen LogP contribution >= 0.6 is 0 Å². The van der Waals surface area contributed by atoms with Crippen LogP contribution in [0.15, 0.2) is 61.1 Å². The van der Waals surface area contributed by atoms with Gasteiger partial charge in [0.05, 0.1) is 6.33 Å². The van der Waals surface area contributed by atoms with Crippen LogP contribution in [0.1, 0.15) is 47.7 Å². The predicted octanol–water partition coefficient (Wildman–Crippen LogP) is 4.05. The molecule has 1 saturated heterocycles. The minimum absolute atomic E-state index is 0.160. The van der Waals surface area contributed by atoms with Crippen molar-refractivity contribution in [2.24, 2.45) is 5.92 Å². The number of phenols is 1. The van der Waals surface area contributed by atoms with Gasteiger partial charge in [0.25, 0.3) is 0 Å². The average Bonchev–Trinajstić information content (AvgIpc) is 3.65. The highest BCUT2D eigenvalue weighted by atomic mass is 16.5. The van der Waals surface area contributed by atoms with Gasteiger partial charge >= 0.3 is 0 Å². The highest BCUT2D eigenvalue weighted by Crippen LogP contribution is 2.62. The maximum atomic E-state index is 10.4. The van der Waals surface area contributed by atoms with Gasteiger partial charge in [0.2, 0.25) is 0 Å². The van der Waals surface area contributed by atoms with Crippen molar-refractivity contribution in [3.05, 3.63) is 89.0 Å². The molecule has 1 spiro atoms. The molecular weight excluding hydrogens is 462 g/mol. The van der Waals surface area contributed by atoms with E-state index in [1.807, 2.05) is 18.3 Å². The van der Waals surface area contributed by atoms with E-state index in [1.54, 1.807) is 12.4 Å². The van der Waals surface area contributed by atoms with Crippen LogP contribution < -0.4 is 4.74 Å². The van der Waals surface area contributed by atoms with E-state index in [4.69, 9.17) is 4.74 Å². The fraction of sp³-hybridized carbons (Fsp3) is 0.452. The number of nitrogens with zero attached hydrogens (tertiary/aromatic N) is 2. The number of imidazole rings is 1. The van der Waals surface area contributed by atoms with Crippen LogP contribution in [0.5, 0.6) is 11.5 Å². The van der Waals surface area contributed by atoms with Gasteiger partial charge in [-0.25, -0.2) is 4.98 Å². The third-order valence-corrected chi connectivity index (χ3v) is 10.1. The van der Waals surface area contributed by atoms with Crippen LogP contribution in [0.2, 0.25) is 0 Å². The van der Waals surface area contributed by atoms with Crippen LogP contribution in [0, 0.1) is 5.92 Å². The van der Waals surface area contributed by atoms with Crippen molar-refractivity contribution in [3.8, 4) is 11.5 Å². The second-order valence-electron chi connectivity index (χ2n) is 11.7. The van der Waals surface area contributed by atoms with Gasteiger partial charge < -0.3 is 24.8 Å². The number of aromatic hydroxyl groups is 1. The molecule has 2 aliphatic heterocycles. The molecule has 192 valence electrons. The number of aromatic amines is 1. The van der Waals surface area contributed by atoms with Crippen LogP contribution in [0.3, 0.4) is 0 Å². The Morgan fingerprint density at radius 2 is 1.89 bits per heavy atom. The highest BCUT2D eigenvalue weighted by molar-refractivity contribution is 5.61. The Bertz CT molecular complexity index is 1340. The van der Waals surface area contributed by atoms with E-state index in [0.717, 1.165) is 38.6 Å². The zero-order valence-corrected chi connectivity index (χ0v) is 21.5. The van der Waals surface area contributed by atoms with E-state index in [-0.39, 0.29) is 22.7 Å². The fourth-order valence-corrected chi connectivity index (χ4v) is 8.11. The lowest BCUT2D eigenvalue weighted by Crippen LogP contribution is -2.64. The number of nitrogens with one attached hydrogen (secondary N) is 1. The minimum atomic E-state index is -0.594. The van der Waals surface area contributed by atoms with Crippen molar-refractivity contribution in [1.82, 2.24) is 14.9 Å². The van der Waals surface area contributed by atoms with Gasteiger partial charge in [-0.2, -0.15) is 0 Å². The number of hydrogen-bond donors (Lipinski definition) is 3. The molecule has 0 saturated carbocycles. The normalized spacial score (nSPS) is 31.6. The Morgan fingerprint density at radius 3 is 2.59 bits per heavy atom. The van der Waals surface area contributed by atoms with Crippen LogP contribution in [-0.2, 0) is 30.1 Å². The number of H-pyrrole nitrogens is 1. The van der Waals surface area contributed by atoms with Crippen molar-refractivity contribution in [3.63, 3.8) is 0 Å². The van der Waals surface area contributed by atoms with Crippen LogP contribution in [0.25, 0.3) is 0 Å². The third kappa shape index (κ3) is 3.15. The van der Waals surface area contributed by atoms with E-state index in [0.29, 0.717) is 17.7 Å². The van der Waals surface area contributed by atoms with Crippen molar-refractivity contribution in [1.29, 1.82) is 0 Å². The van der Waals surface area contributed by atoms with E-state index < -0.39 is 6.10 Å². The van der Waals surface area contributed by atoms with Crippen LogP contribution in [-0.4, -0.2) is 56.9 Å². The molecule has 1 aromatic heterocycles. The number of aliphatic hydroxyl groups excluding tert-OH is 1. The number of aromatic nitrogens is 2. The maximum absolute atomic E-state index is 10.4. The number of piperidine rings is 1. The lowest BCUT2D eigenvalue weighted by atomic mass is 9.53. The van der Waals surface area contributed by atoms with E-state index in [2.05, 4.69) is 59.2 Å². The third-order valence-electron chi connectivity index (χ3n) is 10.1. The van der Waals surface area contributed by atoms with Crippen molar-refractivity contribution in [2.45, 2.75) is 68.1 Å². The zero-order valence-electron chi connectivity index (χ0n) is 21.5. The molecule has 3 aromatic rings. The first-order valence-corrected chi connectivity index (χ1v) is 13.6. The average molecular weight is 498 g/mol. The SMILES string of the molecule is CCC1(c2cnc[nH]2)Cc2ccccc2C1.CN1CC[C@]23c4c5ccc(O)c4O[C@H]2[C@@H](O)C=C[C@H]3[C@H]1C5. The van der Waals surface area contributed by atoms with Crippen LogP contribution in [0.4, 0.5) is 0 Å². The van der Waals surface area contributed by atoms with Gasteiger partial charge in [-0.1, -0.05) is 49.4 Å². The van der Waals surface area contributed by atoms with Crippen molar-refractivity contribution >= 4 is 0 Å². The summed E-state index contributed by atoms with van der Waals surface area (Å²) in [5.41, 5.74) is 6.82. The molecule has 8 rings (SSSR count). The number of ether oxygens (including phenoxy) is 1. The van der Waals surface area contributed by atoms with E-state index >= 15 is 0 Å². The molecule has 6 nitrogen and oxygen atoms in total. The molecule has 0 unspecified atom stereocenters. The number of aliphatic hydroxyl groups is 1. The highest BCUT2D eigenvalue weighted by Gasteiger charge is 2.64. The largest absolute Gasteiger partial charge is 0.504 e. The Hall–Kier alpha value is -3.09. The molecule has 3 N–H and O–H groups in total. The Labute approximate surface area is 218 Å². The molecule has 37 heavy (non-hydrogen) atoms. The number of likely N-dealkylation sites (tertiary alicyclic amines) is 1. The van der Waals surface area contributed by atoms with Gasteiger partial charge in [0, 0.05) is 40.2 Å². The number of hydrogen-bond acceptors (Lipinski definition) is 5. The standard InChI is InChI=1S/C17H19NO3.C14H16N2/c1-18-7-6-17-10-3-5-13(20)16(17)21-15-12(19)4-2-9(14(15)17)8-11(10)18;1-2-14(13-9-15-10-16-13)7-11-5-3-4-6-12(11)8-14/h2-5,10-11,13,16,19-20H,6-8H2,1H3;3-6,9-10H,2,7-8H2,1H3,(H,15,16)/t10-,11+,13-,16-,17-;/m0./s1. The number of rotatable bonds is 2. The molecule has 6 heteroatoms. The summed E-state index contributed by atoms with van der Waals surface area (Å²) in [5.74, 6) is 1.19. The summed E-state index contributed by atoms with van der Waals surface area (Å²) >= 11 is 0. The summed E-state index contributed by atoms with van der Waals surface area (Å²) in [7, 11) is 2.19. The van der Waals surface area contributed by atoms with E-state index in [1.165, 1.54) is 27.9 Å². The topological polar surface area (TPSA) is 81.6 Å². The first-order valence-electron chi connectivity index (χ1n) is 13.6. The zero-order chi connectivity index (χ0) is 25.4. The molecule has 3 heterocycles. The Kier molecular flexibility index (Phi) is 5.11. The molecular formula is C31H35N3O3. The number of likely N-dealkylation sites (N-methyl/N-ethyl adjacent to an activating group) is 1. The maximum Gasteiger partial charge on any atom is 0.165 e. The fourth-order valence-electron chi connectivity index (χ4n) is 8.11. The quantitative estimate of drug-likeness (QED) is 0.466. The summed E-state index contributed by atoms with van der Waals surface area (Å²) in [6.45, 7) is 3.28. The lowest BCUT2D eigenvalue weighted by molar-refractivity contribution is -0.0453. The lowest BCUT2D eigenvalue weighted by Gasteiger charge is -2.56. The minimum Gasteiger partial charge on any atom is -0.504 e. The molecule has 0 radical (unpaired) electrons. The smallest absolute Gasteiger partial charge is 0.165 e. The van der Waals surface area contributed by atoms with Gasteiger partial charge in [-0.15, -0.1) is 0 Å². The summed E-state index contributed by atoms with van der Waals surface area (Å²) in [4.78, 5) is 9.89. The monoisotopic (exact) mass is 497 g/mol. The molecule has 5 aliphatic rings. The molecule has 2 aromatic carbocycles. The van der Waals surface area contributed by atoms with Crippen molar-refractivity contribution in [2.75, 3.05) is 13.6 Å². The Morgan fingerprint density at radius 1 is 1.11 bits per heavy atom. The second-order valence-corrected chi connectivity index (χ2v) is 11.7. The van der Waals surface area contributed by atoms with Crippen molar-refractivity contribution < 1.29 is 14.9 Å². The number of benzene rings is 2. The molecule has 5 atom stereocenters. The first kappa shape index (κ1) is 23.1. The van der Waals surface area contributed by atoms with Gasteiger partial charge in [0.1, 0.15) is 12.2 Å². The van der Waals surface area contributed by atoms with Gasteiger partial charge in [0.15, 0.2) is 11.5 Å². The molecule has 3 aliphatic carbocycles.